The topological polar surface area (TPSA) is 121 Å². The molecule has 1 aromatic carbocycles. The summed E-state index contributed by atoms with van der Waals surface area (Å²) in [4.78, 5) is 28.5. The number of aromatic nitrogens is 3. The summed E-state index contributed by atoms with van der Waals surface area (Å²) < 4.78 is 1.30. The second kappa shape index (κ2) is 12.4. The number of carbonyl (C=O) groups is 2. The van der Waals surface area contributed by atoms with E-state index in [0.29, 0.717) is 29.9 Å². The predicted octanol–water partition coefficient (Wildman–Crippen LogP) is 2.61. The lowest BCUT2D eigenvalue weighted by Crippen LogP contribution is -2.33. The van der Waals surface area contributed by atoms with Gasteiger partial charge in [0.2, 0.25) is 22.1 Å². The maximum Gasteiger partial charge on any atom is 0.237 e. The lowest BCUT2D eigenvalue weighted by molar-refractivity contribution is -0.128. The number of rotatable bonds is 11. The van der Waals surface area contributed by atoms with Crippen molar-refractivity contribution in [3.05, 3.63) is 29.3 Å². The number of hydrogen-bond donors (Lipinski definition) is 1. The molecule has 0 atom stereocenters. The van der Waals surface area contributed by atoms with Gasteiger partial charge in [-0.05, 0) is 51.0 Å². The standard InChI is InChI=1S/C21H29N7O2S2/c1-5-26(6-2)18(29)13-31-20-24-25-21(28(20)23)32-14-19(30)27(9-7-8-22)17-11-15(3)10-16(4)12-17/h10-12H,5-7,9,13-14,23H2,1-4H3. The van der Waals surface area contributed by atoms with Crippen LogP contribution in [-0.2, 0) is 9.59 Å². The highest BCUT2D eigenvalue weighted by Crippen LogP contribution is 2.24. The quantitative estimate of drug-likeness (QED) is 0.389. The number of hydrogen-bond acceptors (Lipinski definition) is 8. The van der Waals surface area contributed by atoms with Crippen LogP contribution in [0.5, 0.6) is 0 Å². The number of nitriles is 1. The molecule has 0 aliphatic rings. The molecule has 9 nitrogen and oxygen atoms in total. The number of nitrogen functional groups attached to an aromatic ring is 1. The molecule has 2 aromatic rings. The van der Waals surface area contributed by atoms with Crippen molar-refractivity contribution in [2.45, 2.75) is 44.4 Å². The largest absolute Gasteiger partial charge is 0.343 e. The van der Waals surface area contributed by atoms with Gasteiger partial charge in [-0.3, -0.25) is 9.59 Å². The molecule has 2 rings (SSSR count). The van der Waals surface area contributed by atoms with Gasteiger partial charge in [-0.15, -0.1) is 10.2 Å². The zero-order valence-electron chi connectivity index (χ0n) is 18.9. The van der Waals surface area contributed by atoms with E-state index >= 15 is 0 Å². The monoisotopic (exact) mass is 475 g/mol. The number of carbonyl (C=O) groups excluding carboxylic acids is 2. The normalized spacial score (nSPS) is 10.6. The number of amides is 2. The Morgan fingerprint density at radius 3 is 2.06 bits per heavy atom. The van der Waals surface area contributed by atoms with E-state index in [2.05, 4.69) is 16.3 Å². The van der Waals surface area contributed by atoms with Crippen molar-refractivity contribution >= 4 is 41.0 Å². The molecule has 0 aliphatic heterocycles. The molecule has 0 saturated carbocycles. The van der Waals surface area contributed by atoms with Crippen molar-refractivity contribution in [2.24, 2.45) is 0 Å². The summed E-state index contributed by atoms with van der Waals surface area (Å²) in [6, 6.07) is 7.99. The van der Waals surface area contributed by atoms with Gasteiger partial charge < -0.3 is 15.6 Å². The molecule has 1 heterocycles. The molecule has 2 amide bonds. The first kappa shape index (κ1) is 25.5. The van der Waals surface area contributed by atoms with Crippen LogP contribution in [0.2, 0.25) is 0 Å². The number of anilines is 1. The second-order valence-electron chi connectivity index (χ2n) is 7.08. The maximum atomic E-state index is 13.0. The van der Waals surface area contributed by atoms with Gasteiger partial charge in [0.25, 0.3) is 0 Å². The molecule has 0 spiro atoms. The molecule has 1 aromatic heterocycles. The van der Waals surface area contributed by atoms with E-state index in [1.807, 2.05) is 45.9 Å². The highest BCUT2D eigenvalue weighted by molar-refractivity contribution is 8.00. The van der Waals surface area contributed by atoms with E-state index in [4.69, 9.17) is 11.1 Å². The first-order valence-electron chi connectivity index (χ1n) is 10.3. The Morgan fingerprint density at radius 1 is 1.03 bits per heavy atom. The van der Waals surface area contributed by atoms with Crippen LogP contribution in [0.25, 0.3) is 0 Å². The molecule has 0 aliphatic carbocycles. The third kappa shape index (κ3) is 6.90. The van der Waals surface area contributed by atoms with Gasteiger partial charge in [0, 0.05) is 25.3 Å². The number of benzene rings is 1. The Morgan fingerprint density at radius 2 is 1.56 bits per heavy atom. The predicted molar refractivity (Wildman–Crippen MR) is 128 cm³/mol. The summed E-state index contributed by atoms with van der Waals surface area (Å²) in [5.41, 5.74) is 2.86. The fraction of sp³-hybridized carbons (Fsp3) is 0.476. The zero-order valence-corrected chi connectivity index (χ0v) is 20.5. The molecule has 11 heteroatoms. The fourth-order valence-corrected chi connectivity index (χ4v) is 4.67. The summed E-state index contributed by atoms with van der Waals surface area (Å²) in [7, 11) is 0. The van der Waals surface area contributed by atoms with Crippen molar-refractivity contribution in [3.8, 4) is 6.07 Å². The minimum atomic E-state index is -0.149. The fourth-order valence-electron chi connectivity index (χ4n) is 3.12. The van der Waals surface area contributed by atoms with Crippen molar-refractivity contribution in [1.29, 1.82) is 5.26 Å². The molecule has 0 bridgehead atoms. The Kier molecular flexibility index (Phi) is 9.87. The van der Waals surface area contributed by atoms with E-state index < -0.39 is 0 Å². The van der Waals surface area contributed by atoms with Gasteiger partial charge in [-0.2, -0.15) is 5.26 Å². The van der Waals surface area contributed by atoms with Crippen molar-refractivity contribution in [2.75, 3.05) is 41.9 Å². The summed E-state index contributed by atoms with van der Waals surface area (Å²) in [5, 5.41) is 17.9. The molecule has 32 heavy (non-hydrogen) atoms. The molecule has 0 saturated heterocycles. The first-order chi connectivity index (χ1) is 15.3. The Hall–Kier alpha value is -2.71. The lowest BCUT2D eigenvalue weighted by Gasteiger charge is -2.22. The molecule has 0 fully saturated rings. The highest BCUT2D eigenvalue weighted by Gasteiger charge is 2.20. The van der Waals surface area contributed by atoms with Gasteiger partial charge in [0.15, 0.2) is 0 Å². The average molecular weight is 476 g/mol. The van der Waals surface area contributed by atoms with Gasteiger partial charge in [0.05, 0.1) is 24.0 Å². The molecular weight excluding hydrogens is 446 g/mol. The van der Waals surface area contributed by atoms with Gasteiger partial charge in [-0.1, -0.05) is 29.6 Å². The van der Waals surface area contributed by atoms with Crippen LogP contribution in [0, 0.1) is 25.2 Å². The molecular formula is C21H29N7O2S2. The molecule has 172 valence electrons. The SMILES string of the molecule is CCN(CC)C(=O)CSc1nnc(SCC(=O)N(CCC#N)c2cc(C)cc(C)c2)n1N. The summed E-state index contributed by atoms with van der Waals surface area (Å²) in [5.74, 6) is 6.25. The van der Waals surface area contributed by atoms with Crippen molar-refractivity contribution < 1.29 is 9.59 Å². The Balaban J connectivity index is 2.04. The van der Waals surface area contributed by atoms with Crippen LogP contribution in [0.3, 0.4) is 0 Å². The number of nitrogens with two attached hydrogens (primary N) is 1. The first-order valence-corrected chi connectivity index (χ1v) is 12.3. The van der Waals surface area contributed by atoms with E-state index in [1.54, 1.807) is 9.80 Å². The Labute approximate surface area is 197 Å². The molecule has 2 N–H and O–H groups in total. The minimum absolute atomic E-state index is 0.00830. The average Bonchev–Trinajstić information content (AvgIpc) is 3.10. The third-order valence-electron chi connectivity index (χ3n) is 4.67. The lowest BCUT2D eigenvalue weighted by atomic mass is 10.1. The van der Waals surface area contributed by atoms with Crippen LogP contribution in [0.4, 0.5) is 5.69 Å². The van der Waals surface area contributed by atoms with E-state index in [0.717, 1.165) is 16.8 Å². The Bertz CT molecular complexity index is 963. The minimum Gasteiger partial charge on any atom is -0.343 e. The second-order valence-corrected chi connectivity index (χ2v) is 8.96. The number of nitrogens with zero attached hydrogens (tertiary/aromatic N) is 6. The summed E-state index contributed by atoms with van der Waals surface area (Å²) >= 11 is 2.39. The highest BCUT2D eigenvalue weighted by atomic mass is 32.2. The van der Waals surface area contributed by atoms with Crippen LogP contribution < -0.4 is 10.7 Å². The van der Waals surface area contributed by atoms with Gasteiger partial charge >= 0.3 is 0 Å². The van der Waals surface area contributed by atoms with Crippen LogP contribution in [0.1, 0.15) is 31.4 Å². The molecule has 0 unspecified atom stereocenters. The molecule has 0 radical (unpaired) electrons. The van der Waals surface area contributed by atoms with Crippen molar-refractivity contribution in [3.63, 3.8) is 0 Å². The number of thioether (sulfide) groups is 2. The third-order valence-corrected chi connectivity index (χ3v) is 6.52. The van der Waals surface area contributed by atoms with E-state index in [9.17, 15) is 9.59 Å². The van der Waals surface area contributed by atoms with Crippen LogP contribution >= 0.6 is 23.5 Å². The zero-order chi connectivity index (χ0) is 23.7. The van der Waals surface area contributed by atoms with Gasteiger partial charge in [0.1, 0.15) is 0 Å². The smallest absolute Gasteiger partial charge is 0.237 e. The van der Waals surface area contributed by atoms with Crippen molar-refractivity contribution in [1.82, 2.24) is 19.8 Å². The van der Waals surface area contributed by atoms with Gasteiger partial charge in [-0.25, -0.2) is 4.68 Å². The van der Waals surface area contributed by atoms with E-state index in [1.165, 1.54) is 28.2 Å². The maximum absolute atomic E-state index is 13.0. The summed E-state index contributed by atoms with van der Waals surface area (Å²) in [6.07, 6.45) is 0.234. The summed E-state index contributed by atoms with van der Waals surface area (Å²) in [6.45, 7) is 9.41. The van der Waals surface area contributed by atoms with Crippen LogP contribution in [0.15, 0.2) is 28.5 Å². The van der Waals surface area contributed by atoms with E-state index in [-0.39, 0.29) is 29.7 Å². The van der Waals surface area contributed by atoms with Crippen LogP contribution in [-0.4, -0.2) is 62.7 Å². The number of aryl methyl sites for hydroxylation is 2.